The molecule has 1 saturated carbocycles. The molecule has 2 aliphatic rings. The van der Waals surface area contributed by atoms with Gasteiger partial charge in [0, 0.05) is 16.3 Å². The van der Waals surface area contributed by atoms with Crippen LogP contribution in [-0.2, 0) is 19.2 Å². The summed E-state index contributed by atoms with van der Waals surface area (Å²) in [5.41, 5.74) is 1.05. The molecule has 1 aromatic carbocycles. The Bertz CT molecular complexity index is 884. The van der Waals surface area contributed by atoms with E-state index in [0.29, 0.717) is 42.1 Å². The van der Waals surface area contributed by atoms with Crippen molar-refractivity contribution in [1.29, 1.82) is 0 Å². The second kappa shape index (κ2) is 6.74. The van der Waals surface area contributed by atoms with Gasteiger partial charge in [-0.1, -0.05) is 23.7 Å². The number of esters is 1. The lowest BCUT2D eigenvalue weighted by Gasteiger charge is -2.32. The Kier molecular flexibility index (Phi) is 4.53. The highest BCUT2D eigenvalue weighted by atomic mass is 35.5. The highest BCUT2D eigenvalue weighted by Crippen LogP contribution is 2.42. The van der Waals surface area contributed by atoms with Gasteiger partial charge in [0.05, 0.1) is 11.8 Å². The van der Waals surface area contributed by atoms with Crippen LogP contribution in [0.1, 0.15) is 37.4 Å². The molecule has 4 rings (SSSR count). The number of Topliss-reactive ketones (excluding diaryl/α,β-unsaturated/α-hetero) is 1. The third kappa shape index (κ3) is 3.05. The average Bonchev–Trinajstić information content (AvgIpc) is 3.14. The molecule has 1 atom stereocenters. The number of nitrogens with zero attached hydrogens (tertiary/aromatic N) is 2. The fraction of sp³-hybridized carbons (Fsp3) is 0.421. The van der Waals surface area contributed by atoms with Crippen molar-refractivity contribution in [2.75, 3.05) is 0 Å². The van der Waals surface area contributed by atoms with Gasteiger partial charge in [0.2, 0.25) is 11.8 Å². The predicted molar refractivity (Wildman–Crippen MR) is 96.2 cm³/mol. The summed E-state index contributed by atoms with van der Waals surface area (Å²) in [6, 6.07) is 7.93. The standard InChI is InChI=1S/C19H19ClN2O5/c1-11-10-15(12-2-4-13(20)5-3-12)21-22(11)16-17(23)19(26-18(16)24)8-6-14(27-25)7-9-19/h2-5,10,14,16,25H,6-9H2,1H3. The molecule has 1 unspecified atom stereocenters. The van der Waals surface area contributed by atoms with Crippen LogP contribution in [0.25, 0.3) is 11.3 Å². The first-order chi connectivity index (χ1) is 12.9. The zero-order valence-electron chi connectivity index (χ0n) is 14.7. The van der Waals surface area contributed by atoms with Gasteiger partial charge in [-0.15, -0.1) is 0 Å². The first-order valence-corrected chi connectivity index (χ1v) is 9.21. The summed E-state index contributed by atoms with van der Waals surface area (Å²) in [6.07, 6.45) is 1.25. The van der Waals surface area contributed by atoms with E-state index in [4.69, 9.17) is 21.6 Å². The van der Waals surface area contributed by atoms with E-state index in [1.807, 2.05) is 18.2 Å². The number of carbonyl (C=O) groups excluding carboxylic acids is 2. The summed E-state index contributed by atoms with van der Waals surface area (Å²) in [7, 11) is 0. The van der Waals surface area contributed by atoms with Crippen molar-refractivity contribution in [2.24, 2.45) is 0 Å². The second-order valence-corrected chi connectivity index (χ2v) is 7.55. The van der Waals surface area contributed by atoms with Crippen molar-refractivity contribution in [1.82, 2.24) is 9.78 Å². The molecule has 1 saturated heterocycles. The number of ketones is 1. The lowest BCUT2D eigenvalue weighted by atomic mass is 9.80. The Morgan fingerprint density at radius 2 is 1.93 bits per heavy atom. The van der Waals surface area contributed by atoms with Gasteiger partial charge < -0.3 is 4.74 Å². The molecular weight excluding hydrogens is 372 g/mol. The number of hydrogen-bond donors (Lipinski definition) is 1. The molecule has 1 aliphatic carbocycles. The first kappa shape index (κ1) is 18.2. The van der Waals surface area contributed by atoms with Crippen LogP contribution in [0.4, 0.5) is 0 Å². The number of ether oxygens (including phenoxy) is 1. The summed E-state index contributed by atoms with van der Waals surface area (Å²) in [4.78, 5) is 30.0. The number of rotatable bonds is 3. The van der Waals surface area contributed by atoms with E-state index in [2.05, 4.69) is 9.99 Å². The van der Waals surface area contributed by atoms with Gasteiger partial charge in [0.1, 0.15) is 0 Å². The Morgan fingerprint density at radius 1 is 1.26 bits per heavy atom. The van der Waals surface area contributed by atoms with E-state index in [1.54, 1.807) is 19.1 Å². The van der Waals surface area contributed by atoms with Crippen LogP contribution in [-0.4, -0.2) is 38.5 Å². The minimum absolute atomic E-state index is 0.280. The van der Waals surface area contributed by atoms with Crippen LogP contribution in [0.3, 0.4) is 0 Å². The summed E-state index contributed by atoms with van der Waals surface area (Å²) < 4.78 is 6.99. The van der Waals surface area contributed by atoms with Crippen molar-refractivity contribution < 1.29 is 24.5 Å². The molecule has 2 heterocycles. The highest BCUT2D eigenvalue weighted by molar-refractivity contribution is 6.30. The average molecular weight is 391 g/mol. The lowest BCUT2D eigenvalue weighted by Crippen LogP contribution is -2.43. The van der Waals surface area contributed by atoms with E-state index in [9.17, 15) is 9.59 Å². The van der Waals surface area contributed by atoms with Gasteiger partial charge in [0.25, 0.3) is 0 Å². The zero-order chi connectivity index (χ0) is 19.2. The van der Waals surface area contributed by atoms with Gasteiger partial charge in [-0.3, -0.25) is 10.1 Å². The largest absolute Gasteiger partial charge is 0.449 e. The van der Waals surface area contributed by atoms with E-state index in [0.717, 1.165) is 5.56 Å². The number of aryl methyl sites for hydroxylation is 1. The molecule has 2 aromatic rings. The molecule has 8 heteroatoms. The number of hydrogen-bond acceptors (Lipinski definition) is 6. The van der Waals surface area contributed by atoms with Crippen molar-refractivity contribution in [2.45, 2.75) is 50.4 Å². The molecule has 27 heavy (non-hydrogen) atoms. The smallest absolute Gasteiger partial charge is 0.339 e. The molecule has 1 N–H and O–H groups in total. The molecule has 2 fully saturated rings. The Hall–Kier alpha value is -2.22. The molecule has 1 aromatic heterocycles. The molecule has 7 nitrogen and oxygen atoms in total. The molecule has 0 bridgehead atoms. The van der Waals surface area contributed by atoms with E-state index in [1.165, 1.54) is 4.68 Å². The SMILES string of the molecule is Cc1cc(-c2ccc(Cl)cc2)nn1C1C(=O)OC2(CCC(OO)CC2)C1=O. The summed E-state index contributed by atoms with van der Waals surface area (Å²) >= 11 is 5.92. The van der Waals surface area contributed by atoms with Crippen LogP contribution in [0.2, 0.25) is 5.02 Å². The summed E-state index contributed by atoms with van der Waals surface area (Å²) in [5, 5.41) is 13.9. The quantitative estimate of drug-likeness (QED) is 0.374. The molecule has 1 spiro atoms. The van der Waals surface area contributed by atoms with Gasteiger partial charge in [0.15, 0.2) is 5.60 Å². The van der Waals surface area contributed by atoms with Crippen molar-refractivity contribution in [3.63, 3.8) is 0 Å². The zero-order valence-corrected chi connectivity index (χ0v) is 15.5. The number of aromatic nitrogens is 2. The van der Waals surface area contributed by atoms with E-state index < -0.39 is 17.6 Å². The Morgan fingerprint density at radius 3 is 2.56 bits per heavy atom. The van der Waals surface area contributed by atoms with Gasteiger partial charge in [-0.2, -0.15) is 5.10 Å². The van der Waals surface area contributed by atoms with E-state index in [-0.39, 0.29) is 11.9 Å². The monoisotopic (exact) mass is 390 g/mol. The summed E-state index contributed by atoms with van der Waals surface area (Å²) in [5.74, 6) is -0.866. The molecule has 142 valence electrons. The topological polar surface area (TPSA) is 90.7 Å². The van der Waals surface area contributed by atoms with Crippen LogP contribution in [0, 0.1) is 6.92 Å². The maximum atomic E-state index is 13.1. The van der Waals surface area contributed by atoms with E-state index >= 15 is 0 Å². The molecular formula is C19H19ClN2O5. The third-order valence-electron chi connectivity index (χ3n) is 5.41. The molecule has 1 aliphatic heterocycles. The van der Waals surface area contributed by atoms with Crippen LogP contribution < -0.4 is 0 Å². The fourth-order valence-corrected chi connectivity index (χ4v) is 4.01. The predicted octanol–water partition coefficient (Wildman–Crippen LogP) is 3.35. The Labute approximate surface area is 160 Å². The molecule has 0 amide bonds. The molecule has 0 radical (unpaired) electrons. The summed E-state index contributed by atoms with van der Waals surface area (Å²) in [6.45, 7) is 1.80. The minimum Gasteiger partial charge on any atom is -0.449 e. The number of carbonyl (C=O) groups is 2. The van der Waals surface area contributed by atoms with Gasteiger partial charge >= 0.3 is 5.97 Å². The van der Waals surface area contributed by atoms with Gasteiger partial charge in [-0.05, 0) is 50.8 Å². The van der Waals surface area contributed by atoms with Crippen molar-refractivity contribution >= 4 is 23.4 Å². The number of halogens is 1. The van der Waals surface area contributed by atoms with Crippen LogP contribution >= 0.6 is 11.6 Å². The maximum Gasteiger partial charge on any atom is 0.339 e. The lowest BCUT2D eigenvalue weighted by molar-refractivity contribution is -0.288. The van der Waals surface area contributed by atoms with Crippen LogP contribution in [0.15, 0.2) is 30.3 Å². The van der Waals surface area contributed by atoms with Crippen molar-refractivity contribution in [3.05, 3.63) is 41.0 Å². The fourth-order valence-electron chi connectivity index (χ4n) is 3.89. The normalized spacial score (nSPS) is 28.0. The number of benzene rings is 1. The minimum atomic E-state index is -1.14. The van der Waals surface area contributed by atoms with Crippen LogP contribution in [0.5, 0.6) is 0 Å². The van der Waals surface area contributed by atoms with Gasteiger partial charge in [-0.25, -0.2) is 14.4 Å². The van der Waals surface area contributed by atoms with Crippen molar-refractivity contribution in [3.8, 4) is 11.3 Å². The Balaban J connectivity index is 1.63. The first-order valence-electron chi connectivity index (χ1n) is 8.83. The third-order valence-corrected chi connectivity index (χ3v) is 5.66. The second-order valence-electron chi connectivity index (χ2n) is 7.11. The maximum absolute atomic E-state index is 13.1. The highest BCUT2D eigenvalue weighted by Gasteiger charge is 2.57.